The average Bonchev–Trinajstić information content (AvgIpc) is 3.04. The van der Waals surface area contributed by atoms with Crippen LogP contribution in [0.3, 0.4) is 0 Å². The van der Waals surface area contributed by atoms with E-state index in [-0.39, 0.29) is 0 Å². The molecule has 0 spiro atoms. The minimum absolute atomic E-state index is 0.999. The molecular formula is C19H31N5. The number of rotatable bonds is 5. The zero-order valence-corrected chi connectivity index (χ0v) is 15.2. The minimum atomic E-state index is 0.999. The molecule has 24 heavy (non-hydrogen) atoms. The first kappa shape index (κ1) is 17.2. The Balaban J connectivity index is 1.38. The first-order valence-electron chi connectivity index (χ1n) is 9.25. The van der Waals surface area contributed by atoms with Gasteiger partial charge in [-0.3, -0.25) is 4.99 Å². The lowest BCUT2D eigenvalue weighted by atomic mass is 10.2. The Bertz CT molecular complexity index is 548. The summed E-state index contributed by atoms with van der Waals surface area (Å²) < 4.78 is 0. The van der Waals surface area contributed by atoms with Crippen molar-refractivity contribution in [3.8, 4) is 0 Å². The fourth-order valence-corrected chi connectivity index (χ4v) is 3.59. The monoisotopic (exact) mass is 329 g/mol. The van der Waals surface area contributed by atoms with Crippen LogP contribution in [0.2, 0.25) is 0 Å². The van der Waals surface area contributed by atoms with Crippen molar-refractivity contribution in [2.24, 2.45) is 4.99 Å². The first-order chi connectivity index (χ1) is 11.8. The third-order valence-corrected chi connectivity index (χ3v) is 5.13. The fraction of sp³-hybridized carbons (Fsp3) is 0.632. The quantitative estimate of drug-likeness (QED) is 0.506. The van der Waals surface area contributed by atoms with Crippen LogP contribution in [-0.2, 0) is 6.42 Å². The highest BCUT2D eigenvalue weighted by molar-refractivity contribution is 5.97. The van der Waals surface area contributed by atoms with E-state index in [1.54, 1.807) is 0 Å². The highest BCUT2D eigenvalue weighted by Crippen LogP contribution is 2.27. The van der Waals surface area contributed by atoms with E-state index in [1.807, 2.05) is 7.05 Å². The third kappa shape index (κ3) is 4.28. The molecule has 132 valence electrons. The minimum Gasteiger partial charge on any atom is -0.356 e. The van der Waals surface area contributed by atoms with Crippen LogP contribution in [0.15, 0.2) is 29.3 Å². The van der Waals surface area contributed by atoms with Gasteiger partial charge in [0.15, 0.2) is 5.96 Å². The zero-order chi connectivity index (χ0) is 16.8. The molecule has 0 atom stereocenters. The second kappa shape index (κ2) is 8.49. The van der Waals surface area contributed by atoms with Crippen molar-refractivity contribution in [1.82, 2.24) is 15.1 Å². The lowest BCUT2D eigenvalue weighted by Gasteiger charge is -2.32. The topological polar surface area (TPSA) is 34.1 Å². The molecule has 0 amide bonds. The summed E-state index contributed by atoms with van der Waals surface area (Å²) in [6.07, 6.45) is 3.56. The van der Waals surface area contributed by atoms with Crippen molar-refractivity contribution in [2.75, 3.05) is 64.8 Å². The van der Waals surface area contributed by atoms with Crippen molar-refractivity contribution in [3.63, 3.8) is 0 Å². The van der Waals surface area contributed by atoms with Crippen LogP contribution >= 0.6 is 0 Å². The molecule has 0 saturated carbocycles. The SMILES string of the molecule is CN=C(NCCCCN1CCN(C)CC1)N1CCc2ccccc21. The van der Waals surface area contributed by atoms with Gasteiger partial charge < -0.3 is 20.0 Å². The predicted octanol–water partition coefficient (Wildman–Crippen LogP) is 1.65. The molecule has 1 N–H and O–H groups in total. The van der Waals surface area contributed by atoms with Crippen LogP contribution in [0.25, 0.3) is 0 Å². The van der Waals surface area contributed by atoms with Gasteiger partial charge in [0.05, 0.1) is 0 Å². The van der Waals surface area contributed by atoms with Gasteiger partial charge in [-0.1, -0.05) is 18.2 Å². The normalized spacial score (nSPS) is 19.6. The molecule has 2 aliphatic heterocycles. The summed E-state index contributed by atoms with van der Waals surface area (Å²) >= 11 is 0. The zero-order valence-electron chi connectivity index (χ0n) is 15.2. The number of piperazine rings is 1. The van der Waals surface area contributed by atoms with Crippen LogP contribution < -0.4 is 10.2 Å². The number of guanidine groups is 1. The maximum absolute atomic E-state index is 4.48. The van der Waals surface area contributed by atoms with E-state index in [0.29, 0.717) is 0 Å². The summed E-state index contributed by atoms with van der Waals surface area (Å²) in [6.45, 7) is 8.10. The second-order valence-electron chi connectivity index (χ2n) is 6.86. The summed E-state index contributed by atoms with van der Waals surface area (Å²) in [5, 5.41) is 3.55. The van der Waals surface area contributed by atoms with E-state index in [4.69, 9.17) is 0 Å². The number of hydrogen-bond donors (Lipinski definition) is 1. The molecular weight excluding hydrogens is 298 g/mol. The number of likely N-dealkylation sites (N-methyl/N-ethyl adjacent to an activating group) is 1. The molecule has 1 fully saturated rings. The number of para-hydroxylation sites is 1. The summed E-state index contributed by atoms with van der Waals surface area (Å²) in [4.78, 5) is 11.8. The Morgan fingerprint density at radius 2 is 1.88 bits per heavy atom. The Morgan fingerprint density at radius 3 is 2.67 bits per heavy atom. The van der Waals surface area contributed by atoms with Crippen LogP contribution in [0.4, 0.5) is 5.69 Å². The van der Waals surface area contributed by atoms with Crippen molar-refractivity contribution < 1.29 is 0 Å². The van der Waals surface area contributed by atoms with Crippen molar-refractivity contribution in [3.05, 3.63) is 29.8 Å². The van der Waals surface area contributed by atoms with Gasteiger partial charge in [-0.25, -0.2) is 0 Å². The largest absolute Gasteiger partial charge is 0.356 e. The number of fused-ring (bicyclic) bond motifs is 1. The number of unbranched alkanes of at least 4 members (excludes halogenated alkanes) is 1. The maximum atomic E-state index is 4.48. The molecule has 5 nitrogen and oxygen atoms in total. The molecule has 2 aliphatic rings. The summed E-state index contributed by atoms with van der Waals surface area (Å²) in [6, 6.07) is 8.65. The molecule has 1 aromatic carbocycles. The highest BCUT2D eigenvalue weighted by atomic mass is 15.3. The molecule has 0 radical (unpaired) electrons. The van der Waals surface area contributed by atoms with E-state index >= 15 is 0 Å². The summed E-state index contributed by atoms with van der Waals surface area (Å²) in [5.41, 5.74) is 2.73. The lowest BCUT2D eigenvalue weighted by Crippen LogP contribution is -2.45. The number of anilines is 1. The highest BCUT2D eigenvalue weighted by Gasteiger charge is 2.22. The van der Waals surface area contributed by atoms with E-state index in [1.165, 1.54) is 56.8 Å². The number of hydrogen-bond acceptors (Lipinski definition) is 3. The molecule has 5 heteroatoms. The van der Waals surface area contributed by atoms with Crippen LogP contribution in [0, 0.1) is 0 Å². The predicted molar refractivity (Wildman–Crippen MR) is 102 cm³/mol. The number of benzene rings is 1. The molecule has 1 aromatic rings. The van der Waals surface area contributed by atoms with Gasteiger partial charge >= 0.3 is 0 Å². The Hall–Kier alpha value is -1.59. The maximum Gasteiger partial charge on any atom is 0.198 e. The molecule has 3 rings (SSSR count). The molecule has 2 heterocycles. The van der Waals surface area contributed by atoms with Crippen LogP contribution in [-0.4, -0.2) is 75.7 Å². The average molecular weight is 329 g/mol. The number of nitrogens with one attached hydrogen (secondary N) is 1. The lowest BCUT2D eigenvalue weighted by molar-refractivity contribution is 0.152. The Kier molecular flexibility index (Phi) is 6.10. The first-order valence-corrected chi connectivity index (χ1v) is 9.25. The van der Waals surface area contributed by atoms with Crippen LogP contribution in [0.1, 0.15) is 18.4 Å². The molecule has 0 unspecified atom stereocenters. The van der Waals surface area contributed by atoms with E-state index in [9.17, 15) is 0 Å². The van der Waals surface area contributed by atoms with Gasteiger partial charge in [-0.15, -0.1) is 0 Å². The van der Waals surface area contributed by atoms with E-state index < -0.39 is 0 Å². The number of aliphatic imine (C=N–C) groups is 1. The van der Waals surface area contributed by atoms with Gasteiger partial charge in [0, 0.05) is 52.0 Å². The van der Waals surface area contributed by atoms with Gasteiger partial charge in [0.1, 0.15) is 0 Å². The second-order valence-corrected chi connectivity index (χ2v) is 6.86. The smallest absolute Gasteiger partial charge is 0.198 e. The molecule has 0 bridgehead atoms. The van der Waals surface area contributed by atoms with Crippen LogP contribution in [0.5, 0.6) is 0 Å². The van der Waals surface area contributed by atoms with E-state index in [2.05, 4.69) is 56.3 Å². The number of nitrogens with zero attached hydrogens (tertiary/aromatic N) is 4. The van der Waals surface area contributed by atoms with Gasteiger partial charge in [-0.05, 0) is 44.5 Å². The third-order valence-electron chi connectivity index (χ3n) is 5.13. The molecule has 0 aliphatic carbocycles. The molecule has 0 aromatic heterocycles. The van der Waals surface area contributed by atoms with Crippen molar-refractivity contribution >= 4 is 11.6 Å². The fourth-order valence-electron chi connectivity index (χ4n) is 3.59. The summed E-state index contributed by atoms with van der Waals surface area (Å²) in [5.74, 6) is 1.01. The van der Waals surface area contributed by atoms with Gasteiger partial charge in [-0.2, -0.15) is 0 Å². The van der Waals surface area contributed by atoms with Crippen molar-refractivity contribution in [2.45, 2.75) is 19.3 Å². The Labute approximate surface area is 146 Å². The van der Waals surface area contributed by atoms with Gasteiger partial charge in [0.25, 0.3) is 0 Å². The van der Waals surface area contributed by atoms with Gasteiger partial charge in [0.2, 0.25) is 0 Å². The van der Waals surface area contributed by atoms with E-state index in [0.717, 1.165) is 25.5 Å². The standard InChI is InChI=1S/C19H31N5/c1-20-19(24-12-9-17-7-3-4-8-18(17)24)21-10-5-6-11-23-15-13-22(2)14-16-23/h3-4,7-8H,5-6,9-16H2,1-2H3,(H,20,21). The Morgan fingerprint density at radius 1 is 1.08 bits per heavy atom. The van der Waals surface area contributed by atoms with Crippen molar-refractivity contribution in [1.29, 1.82) is 0 Å². The summed E-state index contributed by atoms with van der Waals surface area (Å²) in [7, 11) is 4.09. The molecule has 1 saturated heterocycles.